The Balaban J connectivity index is 1.73. The molecule has 0 aliphatic carbocycles. The number of aryl methyl sites for hydroxylation is 1. The number of anilines is 1. The Morgan fingerprint density at radius 2 is 2.08 bits per heavy atom. The van der Waals surface area contributed by atoms with Gasteiger partial charge in [0.05, 0.1) is 9.70 Å². The zero-order valence-corrected chi connectivity index (χ0v) is 17.7. The number of nitrogens with one attached hydrogen (secondary N) is 1. The molecule has 1 saturated heterocycles. The number of benzene rings is 1. The minimum absolute atomic E-state index is 0.113. The number of para-hydroxylation sites is 1. The van der Waals surface area contributed by atoms with Gasteiger partial charge in [-0.25, -0.2) is 8.42 Å². The normalized spacial score (nSPS) is 18.6. The van der Waals surface area contributed by atoms with Crippen molar-refractivity contribution in [3.05, 3.63) is 45.7 Å². The van der Waals surface area contributed by atoms with E-state index in [0.717, 1.165) is 21.5 Å². The summed E-state index contributed by atoms with van der Waals surface area (Å²) in [6, 6.07) is 11.0. The molecule has 2 aromatic rings. The highest BCUT2D eigenvalue weighted by molar-refractivity contribution is 9.11. The van der Waals surface area contributed by atoms with Crippen LogP contribution in [0.25, 0.3) is 0 Å². The second-order valence-corrected chi connectivity index (χ2v) is 10.9. The number of hydrogen-bond donors (Lipinski definition) is 1. The number of piperidine rings is 1. The number of hydrogen-bond acceptors (Lipinski definition) is 4. The van der Waals surface area contributed by atoms with E-state index in [1.54, 1.807) is 12.1 Å². The van der Waals surface area contributed by atoms with Crippen LogP contribution in [0.2, 0.25) is 0 Å². The summed E-state index contributed by atoms with van der Waals surface area (Å²) < 4.78 is 28.1. The fraction of sp³-hybridized carbons (Fsp3) is 0.389. The van der Waals surface area contributed by atoms with Crippen molar-refractivity contribution in [2.75, 3.05) is 18.4 Å². The van der Waals surface area contributed by atoms with Gasteiger partial charge in [-0.1, -0.05) is 25.1 Å². The van der Waals surface area contributed by atoms with Gasteiger partial charge in [0.2, 0.25) is 5.91 Å². The standard InChI is InChI=1S/C18H21BrN2O3S2/c1-2-13-6-3-4-8-15(13)20-18(22)14-7-5-11-21(12-14)26(23,24)17-10-9-16(19)25-17/h3-4,6,8-10,14H,2,5,7,11-12H2,1H3,(H,20,22). The summed E-state index contributed by atoms with van der Waals surface area (Å²) in [5, 5.41) is 2.98. The minimum atomic E-state index is -3.55. The molecule has 26 heavy (non-hydrogen) atoms. The maximum absolute atomic E-state index is 12.8. The largest absolute Gasteiger partial charge is 0.326 e. The SMILES string of the molecule is CCc1ccccc1NC(=O)C1CCCN(S(=O)(=O)c2ccc(Br)s2)C1. The van der Waals surface area contributed by atoms with Gasteiger partial charge in [0, 0.05) is 18.8 Å². The molecule has 1 aromatic carbocycles. The lowest BCUT2D eigenvalue weighted by molar-refractivity contribution is -0.120. The summed E-state index contributed by atoms with van der Waals surface area (Å²) in [5.41, 5.74) is 1.88. The number of sulfonamides is 1. The molecule has 8 heteroatoms. The lowest BCUT2D eigenvalue weighted by Crippen LogP contribution is -2.43. The van der Waals surface area contributed by atoms with Gasteiger partial charge in [0.15, 0.2) is 0 Å². The first-order chi connectivity index (χ1) is 12.4. The third-order valence-corrected chi connectivity index (χ3v) is 8.51. The molecule has 0 spiro atoms. The second-order valence-electron chi connectivity index (χ2n) is 6.26. The Morgan fingerprint density at radius 3 is 2.77 bits per heavy atom. The second kappa shape index (κ2) is 8.21. The highest BCUT2D eigenvalue weighted by Gasteiger charge is 2.34. The van der Waals surface area contributed by atoms with Gasteiger partial charge in [-0.15, -0.1) is 11.3 Å². The minimum Gasteiger partial charge on any atom is -0.326 e. The summed E-state index contributed by atoms with van der Waals surface area (Å²) in [7, 11) is -3.55. The van der Waals surface area contributed by atoms with Crippen LogP contribution in [0, 0.1) is 5.92 Å². The Labute approximate surface area is 166 Å². The summed E-state index contributed by atoms with van der Waals surface area (Å²) >= 11 is 4.50. The quantitative estimate of drug-likeness (QED) is 0.735. The number of amides is 1. The number of carbonyl (C=O) groups is 1. The van der Waals surface area contributed by atoms with E-state index in [4.69, 9.17) is 0 Å². The summed E-state index contributed by atoms with van der Waals surface area (Å²) in [6.45, 7) is 2.71. The van der Waals surface area contributed by atoms with Crippen LogP contribution < -0.4 is 5.32 Å². The van der Waals surface area contributed by atoms with Gasteiger partial charge in [-0.2, -0.15) is 4.31 Å². The molecule has 3 rings (SSSR count). The fourth-order valence-electron chi connectivity index (χ4n) is 3.12. The molecule has 0 bridgehead atoms. The van der Waals surface area contributed by atoms with E-state index in [1.807, 2.05) is 31.2 Å². The molecule has 140 valence electrons. The highest BCUT2D eigenvalue weighted by atomic mass is 79.9. The van der Waals surface area contributed by atoms with Crippen LogP contribution in [-0.4, -0.2) is 31.7 Å². The van der Waals surface area contributed by atoms with Gasteiger partial charge >= 0.3 is 0 Å². The zero-order chi connectivity index (χ0) is 18.7. The zero-order valence-electron chi connectivity index (χ0n) is 14.4. The van der Waals surface area contributed by atoms with Crippen molar-refractivity contribution in [2.24, 2.45) is 5.92 Å². The molecule has 2 heterocycles. The van der Waals surface area contributed by atoms with E-state index in [9.17, 15) is 13.2 Å². The number of thiophene rings is 1. The van der Waals surface area contributed by atoms with Gasteiger partial charge < -0.3 is 5.32 Å². The molecular weight excluding hydrogens is 436 g/mol. The first-order valence-electron chi connectivity index (χ1n) is 8.56. The van der Waals surface area contributed by atoms with E-state index >= 15 is 0 Å². The van der Waals surface area contributed by atoms with E-state index in [1.165, 1.54) is 15.6 Å². The molecule has 5 nitrogen and oxygen atoms in total. The van der Waals surface area contributed by atoms with Gasteiger partial charge in [-0.05, 0) is 59.0 Å². The first-order valence-corrected chi connectivity index (χ1v) is 11.6. The molecule has 1 aliphatic heterocycles. The fourth-order valence-corrected chi connectivity index (χ4v) is 6.81. The Kier molecular flexibility index (Phi) is 6.17. The third kappa shape index (κ3) is 4.19. The van der Waals surface area contributed by atoms with Crippen LogP contribution in [0.4, 0.5) is 5.69 Å². The molecule has 1 N–H and O–H groups in total. The number of nitrogens with zero attached hydrogens (tertiary/aromatic N) is 1. The molecule has 1 amide bonds. The van der Waals surface area contributed by atoms with E-state index < -0.39 is 10.0 Å². The summed E-state index contributed by atoms with van der Waals surface area (Å²) in [5.74, 6) is -0.454. The predicted molar refractivity (Wildman–Crippen MR) is 108 cm³/mol. The maximum atomic E-state index is 12.8. The number of rotatable bonds is 5. The number of carbonyl (C=O) groups excluding carboxylic acids is 1. The predicted octanol–water partition coefficient (Wildman–Crippen LogP) is 4.11. The molecule has 1 aliphatic rings. The van der Waals surface area contributed by atoms with Gasteiger partial charge in [-0.3, -0.25) is 4.79 Å². The third-order valence-electron chi connectivity index (χ3n) is 4.55. The van der Waals surface area contributed by atoms with Crippen molar-refractivity contribution < 1.29 is 13.2 Å². The molecule has 1 fully saturated rings. The van der Waals surface area contributed by atoms with Crippen molar-refractivity contribution in [1.29, 1.82) is 0 Å². The highest BCUT2D eigenvalue weighted by Crippen LogP contribution is 2.31. The Bertz CT molecular complexity index is 895. The maximum Gasteiger partial charge on any atom is 0.252 e. The van der Waals surface area contributed by atoms with Gasteiger partial charge in [0.1, 0.15) is 4.21 Å². The molecule has 1 unspecified atom stereocenters. The van der Waals surface area contributed by atoms with Crippen LogP contribution in [-0.2, 0) is 21.2 Å². The summed E-state index contributed by atoms with van der Waals surface area (Å²) in [4.78, 5) is 12.7. The molecule has 1 aromatic heterocycles. The molecule has 0 saturated carbocycles. The van der Waals surface area contributed by atoms with Gasteiger partial charge in [0.25, 0.3) is 10.0 Å². The Hall–Kier alpha value is -1.22. The van der Waals surface area contributed by atoms with Crippen LogP contribution in [0.5, 0.6) is 0 Å². The topological polar surface area (TPSA) is 66.5 Å². The van der Waals surface area contributed by atoms with E-state index in [-0.39, 0.29) is 18.4 Å². The van der Waals surface area contributed by atoms with Crippen molar-refractivity contribution in [2.45, 2.75) is 30.4 Å². The number of halogens is 1. The van der Waals surface area contributed by atoms with Crippen molar-refractivity contribution in [1.82, 2.24) is 4.31 Å². The van der Waals surface area contributed by atoms with Crippen molar-refractivity contribution >= 4 is 48.9 Å². The Morgan fingerprint density at radius 1 is 1.31 bits per heavy atom. The van der Waals surface area contributed by atoms with Crippen molar-refractivity contribution in [3.63, 3.8) is 0 Å². The van der Waals surface area contributed by atoms with Crippen molar-refractivity contribution in [3.8, 4) is 0 Å². The average Bonchev–Trinajstić information content (AvgIpc) is 3.09. The first kappa shape index (κ1) is 19.5. The molecular formula is C18H21BrN2O3S2. The van der Waals surface area contributed by atoms with E-state index in [0.29, 0.717) is 23.6 Å². The summed E-state index contributed by atoms with van der Waals surface area (Å²) in [6.07, 6.45) is 2.20. The molecule has 0 radical (unpaired) electrons. The average molecular weight is 457 g/mol. The lowest BCUT2D eigenvalue weighted by atomic mass is 9.98. The van der Waals surface area contributed by atoms with E-state index in [2.05, 4.69) is 21.2 Å². The lowest BCUT2D eigenvalue weighted by Gasteiger charge is -2.31. The van der Waals surface area contributed by atoms with Crippen LogP contribution >= 0.6 is 27.3 Å². The monoisotopic (exact) mass is 456 g/mol. The molecule has 1 atom stereocenters. The smallest absolute Gasteiger partial charge is 0.252 e. The van der Waals surface area contributed by atoms with Crippen LogP contribution in [0.15, 0.2) is 44.4 Å². The van der Waals surface area contributed by atoms with Crippen LogP contribution in [0.3, 0.4) is 0 Å². The van der Waals surface area contributed by atoms with Crippen LogP contribution in [0.1, 0.15) is 25.3 Å².